The van der Waals surface area contributed by atoms with Crippen molar-refractivity contribution < 1.29 is 4.42 Å². The first kappa shape index (κ1) is 13.6. The molecule has 1 fully saturated rings. The fraction of sp³-hybridized carbons (Fsp3) is 0.714. The summed E-state index contributed by atoms with van der Waals surface area (Å²) < 4.78 is 5.21. The summed E-state index contributed by atoms with van der Waals surface area (Å²) >= 11 is 0. The molecule has 2 heterocycles. The monoisotopic (exact) mass is 251 g/mol. The van der Waals surface area contributed by atoms with E-state index in [1.54, 1.807) is 12.5 Å². The molecule has 0 saturated carbocycles. The highest BCUT2D eigenvalue weighted by molar-refractivity contribution is 5.18. The van der Waals surface area contributed by atoms with Gasteiger partial charge in [-0.1, -0.05) is 13.3 Å². The van der Waals surface area contributed by atoms with E-state index >= 15 is 0 Å². The van der Waals surface area contributed by atoms with E-state index in [0.29, 0.717) is 0 Å². The Morgan fingerprint density at radius 2 is 2.17 bits per heavy atom. The molecule has 4 heteroatoms. The number of likely N-dealkylation sites (tertiary alicyclic amines) is 1. The maximum atomic E-state index is 5.81. The quantitative estimate of drug-likeness (QED) is 0.623. The van der Waals surface area contributed by atoms with Crippen molar-refractivity contribution in [2.24, 2.45) is 5.84 Å². The third-order valence-electron chi connectivity index (χ3n) is 4.46. The van der Waals surface area contributed by atoms with Gasteiger partial charge in [-0.3, -0.25) is 16.2 Å². The predicted octanol–water partition coefficient (Wildman–Crippen LogP) is 2.44. The number of rotatable bonds is 5. The Morgan fingerprint density at radius 1 is 1.44 bits per heavy atom. The first-order chi connectivity index (χ1) is 8.72. The molecule has 18 heavy (non-hydrogen) atoms. The molecule has 2 atom stereocenters. The first-order valence-corrected chi connectivity index (χ1v) is 6.95. The highest BCUT2D eigenvalue weighted by Crippen LogP contribution is 2.35. The highest BCUT2D eigenvalue weighted by Gasteiger charge is 2.39. The van der Waals surface area contributed by atoms with Crippen LogP contribution in [0.2, 0.25) is 0 Å². The van der Waals surface area contributed by atoms with Gasteiger partial charge in [0.25, 0.3) is 0 Å². The Balaban J connectivity index is 2.23. The fourth-order valence-electron chi connectivity index (χ4n) is 3.09. The van der Waals surface area contributed by atoms with Crippen LogP contribution in [0.5, 0.6) is 0 Å². The van der Waals surface area contributed by atoms with Gasteiger partial charge in [-0.25, -0.2) is 0 Å². The van der Waals surface area contributed by atoms with Crippen LogP contribution in [0.15, 0.2) is 23.0 Å². The Labute approximate surface area is 109 Å². The van der Waals surface area contributed by atoms with Crippen molar-refractivity contribution >= 4 is 0 Å². The smallest absolute Gasteiger partial charge is 0.0951 e. The van der Waals surface area contributed by atoms with Gasteiger partial charge >= 0.3 is 0 Å². The van der Waals surface area contributed by atoms with E-state index < -0.39 is 0 Å². The van der Waals surface area contributed by atoms with E-state index in [1.165, 1.54) is 32.4 Å². The molecular weight excluding hydrogens is 226 g/mol. The van der Waals surface area contributed by atoms with Gasteiger partial charge in [0.15, 0.2) is 0 Å². The van der Waals surface area contributed by atoms with E-state index in [-0.39, 0.29) is 11.6 Å². The Kier molecular flexibility index (Phi) is 4.43. The molecule has 2 rings (SSSR count). The molecule has 0 radical (unpaired) electrons. The second-order valence-electron chi connectivity index (χ2n) is 5.41. The number of nitrogens with one attached hydrogen (secondary N) is 1. The Hall–Kier alpha value is -0.840. The van der Waals surface area contributed by atoms with Gasteiger partial charge < -0.3 is 4.42 Å². The average Bonchev–Trinajstić information content (AvgIpc) is 2.94. The van der Waals surface area contributed by atoms with Crippen molar-refractivity contribution in [3.8, 4) is 0 Å². The minimum Gasteiger partial charge on any atom is -0.472 e. The summed E-state index contributed by atoms with van der Waals surface area (Å²) in [5.74, 6) is 5.81. The molecule has 2 unspecified atom stereocenters. The lowest BCUT2D eigenvalue weighted by Crippen LogP contribution is -2.57. The molecule has 3 N–H and O–H groups in total. The lowest BCUT2D eigenvalue weighted by atomic mass is 9.83. The normalized spacial score (nSPS) is 22.6. The lowest BCUT2D eigenvalue weighted by Gasteiger charge is -2.47. The Morgan fingerprint density at radius 3 is 2.67 bits per heavy atom. The van der Waals surface area contributed by atoms with Crippen LogP contribution in [0.4, 0.5) is 0 Å². The number of nitrogens with zero attached hydrogens (tertiary/aromatic N) is 1. The Bertz CT molecular complexity index is 346. The second kappa shape index (κ2) is 5.87. The summed E-state index contributed by atoms with van der Waals surface area (Å²) in [6, 6.07) is 2.11. The predicted molar refractivity (Wildman–Crippen MR) is 72.9 cm³/mol. The molecular formula is C14H25N3O. The fourth-order valence-corrected chi connectivity index (χ4v) is 3.09. The van der Waals surface area contributed by atoms with Gasteiger partial charge in [-0.2, -0.15) is 0 Å². The van der Waals surface area contributed by atoms with Crippen LogP contribution < -0.4 is 11.3 Å². The molecule has 1 aliphatic rings. The number of hydrogen-bond donors (Lipinski definition) is 2. The van der Waals surface area contributed by atoms with Crippen molar-refractivity contribution in [3.05, 3.63) is 24.2 Å². The van der Waals surface area contributed by atoms with Crippen LogP contribution in [0.3, 0.4) is 0 Å². The summed E-state index contributed by atoms with van der Waals surface area (Å²) in [6.45, 7) is 6.87. The molecule has 1 aromatic heterocycles. The van der Waals surface area contributed by atoms with Crippen LogP contribution in [-0.4, -0.2) is 23.5 Å². The SMILES string of the molecule is CCC(C)(C(NN)c1ccoc1)N1CCCCC1. The standard InChI is InChI=1S/C14H25N3O/c1-3-14(2,17-8-5-4-6-9-17)13(16-15)12-7-10-18-11-12/h7,10-11,13,16H,3-6,8-9,15H2,1-2H3. The minimum absolute atomic E-state index is 0.0407. The zero-order valence-corrected chi connectivity index (χ0v) is 11.5. The number of nitrogens with two attached hydrogens (primary N) is 1. The summed E-state index contributed by atoms with van der Waals surface area (Å²) in [6.07, 6.45) is 8.50. The zero-order chi connectivity index (χ0) is 13.0. The van der Waals surface area contributed by atoms with E-state index in [9.17, 15) is 0 Å². The van der Waals surface area contributed by atoms with Gasteiger partial charge in [0.1, 0.15) is 0 Å². The van der Waals surface area contributed by atoms with E-state index in [0.717, 1.165) is 12.0 Å². The number of hydrazine groups is 1. The highest BCUT2D eigenvalue weighted by atomic mass is 16.3. The zero-order valence-electron chi connectivity index (χ0n) is 11.5. The minimum atomic E-state index is 0.0407. The van der Waals surface area contributed by atoms with Gasteiger partial charge in [-0.15, -0.1) is 0 Å². The second-order valence-corrected chi connectivity index (χ2v) is 5.41. The van der Waals surface area contributed by atoms with Gasteiger partial charge in [0.2, 0.25) is 0 Å². The van der Waals surface area contributed by atoms with E-state index in [4.69, 9.17) is 10.3 Å². The first-order valence-electron chi connectivity index (χ1n) is 6.95. The van der Waals surface area contributed by atoms with Crippen molar-refractivity contribution in [1.29, 1.82) is 0 Å². The molecule has 0 amide bonds. The topological polar surface area (TPSA) is 54.4 Å². The van der Waals surface area contributed by atoms with Crippen molar-refractivity contribution in [2.75, 3.05) is 13.1 Å². The van der Waals surface area contributed by atoms with Crippen LogP contribution in [0.25, 0.3) is 0 Å². The third kappa shape index (κ3) is 2.46. The molecule has 0 aliphatic carbocycles. The van der Waals surface area contributed by atoms with Crippen LogP contribution in [0, 0.1) is 0 Å². The summed E-state index contributed by atoms with van der Waals surface area (Å²) in [5.41, 5.74) is 4.16. The van der Waals surface area contributed by atoms with Crippen LogP contribution >= 0.6 is 0 Å². The van der Waals surface area contributed by atoms with E-state index in [1.807, 2.05) is 6.07 Å². The molecule has 0 aromatic carbocycles. The van der Waals surface area contributed by atoms with Gasteiger partial charge in [0.05, 0.1) is 18.6 Å². The number of piperidine rings is 1. The molecule has 1 saturated heterocycles. The average molecular weight is 251 g/mol. The van der Waals surface area contributed by atoms with Crippen LogP contribution in [0.1, 0.15) is 51.1 Å². The molecule has 1 aromatic rings. The lowest BCUT2D eigenvalue weighted by molar-refractivity contribution is 0.0422. The molecule has 102 valence electrons. The van der Waals surface area contributed by atoms with E-state index in [2.05, 4.69) is 24.2 Å². The maximum Gasteiger partial charge on any atom is 0.0951 e. The number of hydrogen-bond acceptors (Lipinski definition) is 4. The molecule has 4 nitrogen and oxygen atoms in total. The largest absolute Gasteiger partial charge is 0.472 e. The van der Waals surface area contributed by atoms with Crippen molar-refractivity contribution in [2.45, 2.75) is 51.1 Å². The molecule has 0 spiro atoms. The van der Waals surface area contributed by atoms with Crippen LogP contribution in [-0.2, 0) is 0 Å². The summed E-state index contributed by atoms with van der Waals surface area (Å²) in [7, 11) is 0. The van der Waals surface area contributed by atoms with Crippen molar-refractivity contribution in [3.63, 3.8) is 0 Å². The number of furan rings is 1. The molecule has 0 bridgehead atoms. The van der Waals surface area contributed by atoms with Gasteiger partial charge in [-0.05, 0) is 45.3 Å². The molecule has 1 aliphatic heterocycles. The van der Waals surface area contributed by atoms with Gasteiger partial charge in [0, 0.05) is 11.1 Å². The maximum absolute atomic E-state index is 5.81. The van der Waals surface area contributed by atoms with Crippen molar-refractivity contribution in [1.82, 2.24) is 10.3 Å². The summed E-state index contributed by atoms with van der Waals surface area (Å²) in [5, 5.41) is 0. The summed E-state index contributed by atoms with van der Waals surface area (Å²) in [4.78, 5) is 2.58. The third-order valence-corrected chi connectivity index (χ3v) is 4.46.